The SMILES string of the molecule is Cn1c(-c2ccc(F)cc2)cc(=O)c(C(=O)O)c1-c1ccc(F)cc1.[NaH]. The van der Waals surface area contributed by atoms with Crippen molar-refractivity contribution in [3.8, 4) is 22.5 Å². The summed E-state index contributed by atoms with van der Waals surface area (Å²) in [6.45, 7) is 0. The first-order chi connectivity index (χ1) is 11.9. The molecule has 1 aromatic heterocycles. The van der Waals surface area contributed by atoms with E-state index in [1.165, 1.54) is 59.2 Å². The number of benzene rings is 2. The second kappa shape index (κ2) is 7.95. The summed E-state index contributed by atoms with van der Waals surface area (Å²) in [4.78, 5) is 24.0. The zero-order valence-electron chi connectivity index (χ0n) is 13.2. The fourth-order valence-electron chi connectivity index (χ4n) is 2.75. The zero-order valence-corrected chi connectivity index (χ0v) is 13.2. The van der Waals surface area contributed by atoms with Crippen LogP contribution in [0.3, 0.4) is 0 Å². The van der Waals surface area contributed by atoms with Crippen LogP contribution in [0.5, 0.6) is 0 Å². The number of hydrogen-bond acceptors (Lipinski definition) is 2. The summed E-state index contributed by atoms with van der Waals surface area (Å²) in [6, 6.07) is 11.9. The van der Waals surface area contributed by atoms with Gasteiger partial charge in [0.1, 0.15) is 17.2 Å². The zero-order chi connectivity index (χ0) is 18.1. The summed E-state index contributed by atoms with van der Waals surface area (Å²) in [6.07, 6.45) is 0. The van der Waals surface area contributed by atoms with Crippen molar-refractivity contribution in [2.75, 3.05) is 0 Å². The van der Waals surface area contributed by atoms with Crippen molar-refractivity contribution < 1.29 is 18.7 Å². The van der Waals surface area contributed by atoms with E-state index in [2.05, 4.69) is 0 Å². The standard InChI is InChI=1S/C19H13F2NO3.Na.H/c1-22-15(11-2-6-13(20)7-3-11)10-16(23)17(19(24)25)18(22)12-4-8-14(21)9-5-12;;/h2-10H,1H3,(H,24,25);;. The Morgan fingerprint density at radius 3 is 1.85 bits per heavy atom. The van der Waals surface area contributed by atoms with E-state index in [1.807, 2.05) is 0 Å². The first-order valence-corrected chi connectivity index (χ1v) is 7.37. The van der Waals surface area contributed by atoms with Crippen LogP contribution in [-0.4, -0.2) is 45.2 Å². The molecule has 0 saturated heterocycles. The third-order valence-corrected chi connectivity index (χ3v) is 3.92. The van der Waals surface area contributed by atoms with Crippen molar-refractivity contribution >= 4 is 35.5 Å². The molecule has 3 rings (SSSR count). The first-order valence-electron chi connectivity index (χ1n) is 7.37. The number of nitrogens with zero attached hydrogens (tertiary/aromatic N) is 1. The molecule has 0 saturated carbocycles. The molecule has 0 fully saturated rings. The topological polar surface area (TPSA) is 59.3 Å². The Hall–Kier alpha value is -2.28. The predicted molar refractivity (Wildman–Crippen MR) is 96.6 cm³/mol. The van der Waals surface area contributed by atoms with E-state index >= 15 is 0 Å². The molecule has 0 amide bonds. The molecule has 2 aromatic carbocycles. The number of pyridine rings is 1. The molecule has 128 valence electrons. The molecule has 0 aliphatic rings. The Kier molecular flexibility index (Phi) is 6.13. The van der Waals surface area contributed by atoms with Crippen LogP contribution in [0.15, 0.2) is 59.4 Å². The average Bonchev–Trinajstić information content (AvgIpc) is 2.58. The molecule has 0 aliphatic carbocycles. The maximum atomic E-state index is 13.2. The molecule has 0 atom stereocenters. The van der Waals surface area contributed by atoms with Crippen molar-refractivity contribution in [3.05, 3.63) is 82.0 Å². The number of aromatic carboxylic acids is 1. The van der Waals surface area contributed by atoms with Gasteiger partial charge in [-0.15, -0.1) is 0 Å². The van der Waals surface area contributed by atoms with Gasteiger partial charge in [0.15, 0.2) is 5.43 Å². The van der Waals surface area contributed by atoms with Crippen LogP contribution in [0.25, 0.3) is 22.5 Å². The Bertz CT molecular complexity index is 1010. The van der Waals surface area contributed by atoms with Gasteiger partial charge >= 0.3 is 35.5 Å². The van der Waals surface area contributed by atoms with E-state index in [0.29, 0.717) is 16.8 Å². The van der Waals surface area contributed by atoms with Crippen LogP contribution >= 0.6 is 0 Å². The summed E-state index contributed by atoms with van der Waals surface area (Å²) in [5.41, 5.74) is 0.446. The van der Waals surface area contributed by atoms with Gasteiger partial charge in [-0.3, -0.25) is 4.79 Å². The number of halogens is 2. The van der Waals surface area contributed by atoms with Gasteiger partial charge in [-0.1, -0.05) is 0 Å². The molecule has 7 heteroatoms. The molecular weight excluding hydrogens is 351 g/mol. The fraction of sp³-hybridized carbons (Fsp3) is 0.0526. The van der Waals surface area contributed by atoms with Crippen LogP contribution in [0.4, 0.5) is 8.78 Å². The van der Waals surface area contributed by atoms with Gasteiger partial charge in [0.05, 0.1) is 11.4 Å². The summed E-state index contributed by atoms with van der Waals surface area (Å²) in [7, 11) is 1.60. The van der Waals surface area contributed by atoms with Crippen LogP contribution < -0.4 is 5.43 Å². The number of aromatic nitrogens is 1. The third kappa shape index (κ3) is 3.77. The maximum absolute atomic E-state index is 13.2. The monoisotopic (exact) mass is 365 g/mol. The predicted octanol–water partition coefficient (Wildman–Crippen LogP) is 3.05. The summed E-state index contributed by atoms with van der Waals surface area (Å²) in [5, 5.41) is 9.45. The number of hydrogen-bond donors (Lipinski definition) is 1. The van der Waals surface area contributed by atoms with Crippen molar-refractivity contribution in [2.45, 2.75) is 0 Å². The number of carboxylic acid groups (broad SMARTS) is 1. The van der Waals surface area contributed by atoms with Crippen molar-refractivity contribution in [2.24, 2.45) is 7.05 Å². The van der Waals surface area contributed by atoms with Gasteiger partial charge in [-0.2, -0.15) is 0 Å². The third-order valence-electron chi connectivity index (χ3n) is 3.92. The number of carbonyl (C=O) groups is 1. The molecule has 0 bridgehead atoms. The van der Waals surface area contributed by atoms with Gasteiger partial charge < -0.3 is 9.67 Å². The van der Waals surface area contributed by atoms with E-state index in [4.69, 9.17) is 0 Å². The van der Waals surface area contributed by atoms with Gasteiger partial charge in [-0.25, -0.2) is 13.6 Å². The Morgan fingerprint density at radius 2 is 1.38 bits per heavy atom. The molecule has 3 aromatic rings. The van der Waals surface area contributed by atoms with Crippen molar-refractivity contribution in [1.82, 2.24) is 4.57 Å². The molecule has 0 unspecified atom stereocenters. The molecule has 0 spiro atoms. The average molecular weight is 365 g/mol. The van der Waals surface area contributed by atoms with E-state index in [0.717, 1.165) is 0 Å². The second-order valence-corrected chi connectivity index (χ2v) is 5.50. The first kappa shape index (κ1) is 20.0. The number of carboxylic acids is 1. The Labute approximate surface area is 170 Å². The van der Waals surface area contributed by atoms with Crippen LogP contribution in [-0.2, 0) is 7.05 Å². The van der Waals surface area contributed by atoms with Crippen molar-refractivity contribution in [3.63, 3.8) is 0 Å². The molecule has 26 heavy (non-hydrogen) atoms. The van der Waals surface area contributed by atoms with E-state index in [9.17, 15) is 23.5 Å². The minimum absolute atomic E-state index is 0. The fourth-order valence-corrected chi connectivity index (χ4v) is 2.75. The molecule has 4 nitrogen and oxygen atoms in total. The Morgan fingerprint density at radius 1 is 0.923 bits per heavy atom. The molecule has 0 radical (unpaired) electrons. The summed E-state index contributed by atoms with van der Waals surface area (Å²) >= 11 is 0. The van der Waals surface area contributed by atoms with Crippen LogP contribution in [0, 0.1) is 11.6 Å². The molecule has 0 aliphatic heterocycles. The van der Waals surface area contributed by atoms with E-state index in [-0.39, 0.29) is 35.3 Å². The molecule has 1 N–H and O–H groups in total. The normalized spacial score (nSPS) is 10.3. The quantitative estimate of drug-likeness (QED) is 0.726. The van der Waals surface area contributed by atoms with Crippen molar-refractivity contribution in [1.29, 1.82) is 0 Å². The van der Waals surface area contributed by atoms with Gasteiger partial charge in [0.2, 0.25) is 0 Å². The van der Waals surface area contributed by atoms with Crippen LogP contribution in [0.2, 0.25) is 0 Å². The Balaban J connectivity index is 0.00000243. The van der Waals surface area contributed by atoms with E-state index < -0.39 is 28.6 Å². The van der Waals surface area contributed by atoms with E-state index in [1.54, 1.807) is 7.05 Å². The summed E-state index contributed by atoms with van der Waals surface area (Å²) in [5.74, 6) is -2.26. The van der Waals surface area contributed by atoms with Gasteiger partial charge in [0.25, 0.3) is 0 Å². The van der Waals surface area contributed by atoms with Gasteiger partial charge in [0, 0.05) is 13.1 Å². The molecular formula is C19H14F2NNaO3. The van der Waals surface area contributed by atoms with Crippen LogP contribution in [0.1, 0.15) is 10.4 Å². The molecule has 1 heterocycles. The minimum atomic E-state index is -1.37. The summed E-state index contributed by atoms with van der Waals surface area (Å²) < 4.78 is 27.9. The van der Waals surface area contributed by atoms with Gasteiger partial charge in [-0.05, 0) is 59.7 Å². The second-order valence-electron chi connectivity index (χ2n) is 5.50. The number of rotatable bonds is 3.